The van der Waals surface area contributed by atoms with Crippen LogP contribution in [-0.4, -0.2) is 6.54 Å². The Bertz CT molecular complexity index is 330. The molecule has 1 rings (SSSR count). The molecule has 0 heterocycles. The van der Waals surface area contributed by atoms with Crippen molar-refractivity contribution in [2.45, 2.75) is 13.3 Å². The van der Waals surface area contributed by atoms with E-state index in [1.807, 2.05) is 6.92 Å². The van der Waals surface area contributed by atoms with Gasteiger partial charge < -0.3 is 5.73 Å². The van der Waals surface area contributed by atoms with Gasteiger partial charge in [-0.05, 0) is 46.4 Å². The van der Waals surface area contributed by atoms with Crippen LogP contribution in [0.4, 0.5) is 4.39 Å². The van der Waals surface area contributed by atoms with Gasteiger partial charge in [0.2, 0.25) is 0 Å². The maximum Gasteiger partial charge on any atom is 0.146 e. The van der Waals surface area contributed by atoms with Gasteiger partial charge in [-0.1, -0.05) is 24.6 Å². The summed E-state index contributed by atoms with van der Waals surface area (Å²) in [4.78, 5) is 0. The summed E-state index contributed by atoms with van der Waals surface area (Å²) in [5.74, 6) is -0.0805. The molecular weight excluding hydrogens is 268 g/mol. The van der Waals surface area contributed by atoms with Crippen LogP contribution in [0.5, 0.6) is 0 Å². The van der Waals surface area contributed by atoms with Crippen molar-refractivity contribution in [1.29, 1.82) is 0 Å². The Morgan fingerprint density at radius 1 is 1.57 bits per heavy atom. The van der Waals surface area contributed by atoms with Crippen molar-refractivity contribution in [3.8, 4) is 0 Å². The minimum absolute atomic E-state index is 0.145. The van der Waals surface area contributed by atoms with Crippen LogP contribution < -0.4 is 5.73 Å². The molecule has 1 unspecified atom stereocenters. The Hall–Kier alpha value is -0.120. The van der Waals surface area contributed by atoms with Gasteiger partial charge in [-0.25, -0.2) is 4.39 Å². The van der Waals surface area contributed by atoms with Crippen LogP contribution in [0.1, 0.15) is 12.5 Å². The van der Waals surface area contributed by atoms with E-state index in [9.17, 15) is 4.39 Å². The Balaban J connectivity index is 2.94. The lowest BCUT2D eigenvalue weighted by Gasteiger charge is -2.10. The Kier molecular flexibility index (Phi) is 4.35. The summed E-state index contributed by atoms with van der Waals surface area (Å²) in [6.07, 6.45) is 0.620. The maximum atomic E-state index is 13.6. The van der Waals surface area contributed by atoms with Crippen LogP contribution in [0.15, 0.2) is 16.6 Å². The molecule has 0 amide bonds. The van der Waals surface area contributed by atoms with E-state index >= 15 is 0 Å². The van der Waals surface area contributed by atoms with Gasteiger partial charge in [-0.3, -0.25) is 0 Å². The van der Waals surface area contributed by atoms with Gasteiger partial charge in [0.1, 0.15) is 5.82 Å². The van der Waals surface area contributed by atoms with Crippen LogP contribution in [-0.2, 0) is 6.42 Å². The van der Waals surface area contributed by atoms with Gasteiger partial charge in [0, 0.05) is 4.47 Å². The van der Waals surface area contributed by atoms with Crippen molar-refractivity contribution in [3.63, 3.8) is 0 Å². The molecule has 0 radical (unpaired) electrons. The molecule has 0 aliphatic carbocycles. The van der Waals surface area contributed by atoms with Crippen molar-refractivity contribution in [2.24, 2.45) is 11.7 Å². The lowest BCUT2D eigenvalue weighted by Crippen LogP contribution is -2.13. The zero-order valence-electron chi connectivity index (χ0n) is 7.86. The first-order chi connectivity index (χ1) is 6.56. The van der Waals surface area contributed by atoms with Crippen molar-refractivity contribution in [1.82, 2.24) is 0 Å². The average Bonchev–Trinajstić information content (AvgIpc) is 2.19. The lowest BCUT2D eigenvalue weighted by molar-refractivity contribution is 0.551. The quantitative estimate of drug-likeness (QED) is 0.844. The minimum atomic E-state index is -0.346. The van der Waals surface area contributed by atoms with Crippen LogP contribution in [0.2, 0.25) is 5.02 Å². The van der Waals surface area contributed by atoms with E-state index in [1.54, 1.807) is 12.1 Å². The van der Waals surface area contributed by atoms with Crippen LogP contribution in [0.3, 0.4) is 0 Å². The van der Waals surface area contributed by atoms with Crippen molar-refractivity contribution < 1.29 is 4.39 Å². The first-order valence-corrected chi connectivity index (χ1v) is 5.55. The number of rotatable bonds is 3. The third-order valence-electron chi connectivity index (χ3n) is 2.09. The molecule has 1 aromatic rings. The number of benzene rings is 1. The van der Waals surface area contributed by atoms with Gasteiger partial charge in [-0.2, -0.15) is 0 Å². The molecule has 2 N–H and O–H groups in total. The fourth-order valence-electron chi connectivity index (χ4n) is 1.18. The van der Waals surface area contributed by atoms with Gasteiger partial charge in [0.25, 0.3) is 0 Å². The van der Waals surface area contributed by atoms with E-state index in [1.165, 1.54) is 0 Å². The molecule has 0 saturated carbocycles. The molecule has 0 spiro atoms. The SMILES string of the molecule is CC(CN)Cc1ccc(Br)c(Cl)c1F. The summed E-state index contributed by atoms with van der Waals surface area (Å²) in [6, 6.07) is 3.49. The van der Waals surface area contributed by atoms with Crippen LogP contribution in [0.25, 0.3) is 0 Å². The van der Waals surface area contributed by atoms with Gasteiger partial charge >= 0.3 is 0 Å². The Morgan fingerprint density at radius 3 is 2.79 bits per heavy atom. The second-order valence-corrected chi connectivity index (χ2v) is 4.61. The smallest absolute Gasteiger partial charge is 0.146 e. The second kappa shape index (κ2) is 5.10. The molecule has 0 aromatic heterocycles. The summed E-state index contributed by atoms with van der Waals surface area (Å²) >= 11 is 8.92. The predicted octanol–water partition coefficient (Wildman–Crippen LogP) is 3.38. The number of hydrogen-bond donors (Lipinski definition) is 1. The molecule has 78 valence electrons. The highest BCUT2D eigenvalue weighted by molar-refractivity contribution is 9.10. The maximum absolute atomic E-state index is 13.6. The van der Waals surface area contributed by atoms with Gasteiger partial charge in [-0.15, -0.1) is 0 Å². The highest BCUT2D eigenvalue weighted by atomic mass is 79.9. The lowest BCUT2D eigenvalue weighted by atomic mass is 10.0. The molecular formula is C10H12BrClFN. The summed E-state index contributed by atoms with van der Waals surface area (Å²) < 4.78 is 14.1. The molecule has 0 aliphatic heterocycles. The van der Waals surface area contributed by atoms with E-state index in [-0.39, 0.29) is 16.8 Å². The van der Waals surface area contributed by atoms with Crippen LogP contribution >= 0.6 is 27.5 Å². The predicted molar refractivity (Wildman–Crippen MR) is 61.0 cm³/mol. The molecule has 0 saturated heterocycles. The fourth-order valence-corrected chi connectivity index (χ4v) is 1.67. The first kappa shape index (κ1) is 12.0. The van der Waals surface area contributed by atoms with E-state index in [4.69, 9.17) is 17.3 Å². The van der Waals surface area contributed by atoms with Crippen LogP contribution in [0, 0.1) is 11.7 Å². The third-order valence-corrected chi connectivity index (χ3v) is 3.34. The number of hydrogen-bond acceptors (Lipinski definition) is 1. The zero-order chi connectivity index (χ0) is 10.7. The van der Waals surface area contributed by atoms with E-state index in [0.717, 1.165) is 0 Å². The highest BCUT2D eigenvalue weighted by Gasteiger charge is 2.11. The molecule has 1 nitrogen and oxygen atoms in total. The highest BCUT2D eigenvalue weighted by Crippen LogP contribution is 2.28. The molecule has 4 heteroatoms. The number of halogens is 3. The fraction of sp³-hybridized carbons (Fsp3) is 0.400. The molecule has 1 atom stereocenters. The molecule has 14 heavy (non-hydrogen) atoms. The number of nitrogens with two attached hydrogens (primary N) is 1. The van der Waals surface area contributed by atoms with Crippen molar-refractivity contribution in [3.05, 3.63) is 33.0 Å². The van der Waals surface area contributed by atoms with Gasteiger partial charge in [0.15, 0.2) is 0 Å². The van der Waals surface area contributed by atoms with Crippen molar-refractivity contribution >= 4 is 27.5 Å². The molecule has 0 bridgehead atoms. The molecule has 0 aliphatic rings. The monoisotopic (exact) mass is 279 g/mol. The zero-order valence-corrected chi connectivity index (χ0v) is 10.2. The Morgan fingerprint density at radius 2 is 2.21 bits per heavy atom. The normalized spacial score (nSPS) is 12.9. The minimum Gasteiger partial charge on any atom is -0.330 e. The topological polar surface area (TPSA) is 26.0 Å². The second-order valence-electron chi connectivity index (χ2n) is 3.38. The summed E-state index contributed by atoms with van der Waals surface area (Å²) in [7, 11) is 0. The van der Waals surface area contributed by atoms with E-state index < -0.39 is 0 Å². The van der Waals surface area contributed by atoms with E-state index in [2.05, 4.69) is 15.9 Å². The van der Waals surface area contributed by atoms with Gasteiger partial charge in [0.05, 0.1) is 5.02 Å². The summed E-state index contributed by atoms with van der Waals surface area (Å²) in [6.45, 7) is 2.53. The van der Waals surface area contributed by atoms with E-state index in [0.29, 0.717) is 23.0 Å². The summed E-state index contributed by atoms with van der Waals surface area (Å²) in [5, 5.41) is 0.145. The Labute approximate surface area is 96.6 Å². The first-order valence-electron chi connectivity index (χ1n) is 4.38. The average molecular weight is 281 g/mol. The largest absolute Gasteiger partial charge is 0.330 e. The van der Waals surface area contributed by atoms with Crippen molar-refractivity contribution in [2.75, 3.05) is 6.54 Å². The summed E-state index contributed by atoms with van der Waals surface area (Å²) in [5.41, 5.74) is 6.09. The standard InChI is InChI=1S/C10H12BrClFN/c1-6(5-14)4-7-2-3-8(11)9(12)10(7)13/h2-3,6H,4-5,14H2,1H3. The third kappa shape index (κ3) is 2.69. The molecule has 0 fully saturated rings. The molecule has 1 aromatic carbocycles.